The molecule has 0 unspecified atom stereocenters. The van der Waals surface area contributed by atoms with Crippen molar-refractivity contribution in [3.8, 4) is 5.75 Å². The highest BCUT2D eigenvalue weighted by atomic mass is 35.5. The van der Waals surface area contributed by atoms with Gasteiger partial charge in [-0.2, -0.15) is 0 Å². The van der Waals surface area contributed by atoms with E-state index >= 15 is 0 Å². The van der Waals surface area contributed by atoms with E-state index in [1.807, 2.05) is 19.1 Å². The maximum Gasteiger partial charge on any atom is 0.289 e. The van der Waals surface area contributed by atoms with Gasteiger partial charge in [0.15, 0.2) is 5.76 Å². The maximum absolute atomic E-state index is 12.2. The Balaban J connectivity index is 1.79. The summed E-state index contributed by atoms with van der Waals surface area (Å²) in [4.78, 5) is 13.8. The molecule has 0 aliphatic heterocycles. The summed E-state index contributed by atoms with van der Waals surface area (Å²) < 4.78 is 11.2. The quantitative estimate of drug-likeness (QED) is 0.563. The van der Waals surface area contributed by atoms with E-state index in [-0.39, 0.29) is 11.8 Å². The number of benzene rings is 1. The highest BCUT2D eigenvalue weighted by Crippen LogP contribution is 2.20. The lowest BCUT2D eigenvalue weighted by molar-refractivity contribution is 0.0755. The molecule has 23 heavy (non-hydrogen) atoms. The lowest BCUT2D eigenvalue weighted by Gasteiger charge is -2.16. The molecule has 124 valence electrons. The van der Waals surface area contributed by atoms with Crippen LogP contribution in [0, 0.1) is 13.8 Å². The summed E-state index contributed by atoms with van der Waals surface area (Å²) in [6.45, 7) is 5.27. The molecule has 1 amide bonds. The second-order valence-corrected chi connectivity index (χ2v) is 5.79. The summed E-state index contributed by atoms with van der Waals surface area (Å²) in [5, 5.41) is 0. The fraction of sp³-hybridized carbons (Fsp3) is 0.389. The van der Waals surface area contributed by atoms with Gasteiger partial charge in [-0.1, -0.05) is 12.1 Å². The first-order chi connectivity index (χ1) is 11.0. The number of hydrogen-bond donors (Lipinski definition) is 0. The lowest BCUT2D eigenvalue weighted by Crippen LogP contribution is -2.28. The molecule has 0 N–H and O–H groups in total. The number of amides is 1. The van der Waals surface area contributed by atoms with Crippen molar-refractivity contribution in [2.45, 2.75) is 26.1 Å². The SMILES string of the molecule is Cc1cccc(OCCCN(C)C(=O)c2ccc(CCl)o2)c1C. The summed E-state index contributed by atoms with van der Waals surface area (Å²) >= 11 is 5.67. The number of alkyl halides is 1. The largest absolute Gasteiger partial charge is 0.493 e. The number of ether oxygens (including phenoxy) is 1. The minimum atomic E-state index is -0.145. The standard InChI is InChI=1S/C18H22ClNO3/c1-13-6-4-7-16(14(13)2)22-11-5-10-20(3)18(21)17-9-8-15(12-19)23-17/h4,6-9H,5,10-12H2,1-3H3. The van der Waals surface area contributed by atoms with Crippen LogP contribution in [0.4, 0.5) is 0 Å². The number of nitrogens with zero attached hydrogens (tertiary/aromatic N) is 1. The first-order valence-corrected chi connectivity index (χ1v) is 8.15. The van der Waals surface area contributed by atoms with Crippen LogP contribution in [-0.4, -0.2) is 31.0 Å². The molecule has 0 radical (unpaired) electrons. The second-order valence-electron chi connectivity index (χ2n) is 5.53. The van der Waals surface area contributed by atoms with E-state index in [4.69, 9.17) is 20.8 Å². The zero-order chi connectivity index (χ0) is 16.8. The molecule has 0 fully saturated rings. The fourth-order valence-corrected chi connectivity index (χ4v) is 2.36. The Morgan fingerprint density at radius 2 is 2.04 bits per heavy atom. The summed E-state index contributed by atoms with van der Waals surface area (Å²) in [5.41, 5.74) is 2.36. The van der Waals surface area contributed by atoms with Crippen molar-refractivity contribution in [3.05, 3.63) is 53.0 Å². The van der Waals surface area contributed by atoms with Crippen LogP contribution < -0.4 is 4.74 Å². The Morgan fingerprint density at radius 3 is 2.74 bits per heavy atom. The predicted octanol–water partition coefficient (Wildman–Crippen LogP) is 4.18. The van der Waals surface area contributed by atoms with Gasteiger partial charge in [0.25, 0.3) is 5.91 Å². The third-order valence-electron chi connectivity index (χ3n) is 3.80. The average molecular weight is 336 g/mol. The van der Waals surface area contributed by atoms with Gasteiger partial charge in [-0.3, -0.25) is 4.79 Å². The van der Waals surface area contributed by atoms with Crippen LogP contribution >= 0.6 is 11.6 Å². The van der Waals surface area contributed by atoms with Crippen molar-refractivity contribution < 1.29 is 13.9 Å². The Kier molecular flexibility index (Phi) is 6.11. The lowest BCUT2D eigenvalue weighted by atomic mass is 10.1. The van der Waals surface area contributed by atoms with Gasteiger partial charge in [0.1, 0.15) is 11.5 Å². The number of halogens is 1. The van der Waals surface area contributed by atoms with Gasteiger partial charge in [0, 0.05) is 13.6 Å². The molecule has 1 heterocycles. The van der Waals surface area contributed by atoms with E-state index in [9.17, 15) is 4.79 Å². The Labute approximate surface area is 142 Å². The molecule has 2 aromatic rings. The number of carbonyl (C=O) groups is 1. The molecule has 0 aliphatic rings. The van der Waals surface area contributed by atoms with Crippen LogP contribution in [0.3, 0.4) is 0 Å². The first kappa shape index (κ1) is 17.4. The maximum atomic E-state index is 12.2. The third-order valence-corrected chi connectivity index (χ3v) is 4.06. The van der Waals surface area contributed by atoms with E-state index in [0.29, 0.717) is 24.7 Å². The molecular weight excluding hydrogens is 314 g/mol. The molecule has 0 bridgehead atoms. The van der Waals surface area contributed by atoms with Crippen molar-refractivity contribution in [1.82, 2.24) is 4.90 Å². The van der Waals surface area contributed by atoms with Gasteiger partial charge in [0.05, 0.1) is 12.5 Å². The van der Waals surface area contributed by atoms with Crippen LogP contribution in [0.5, 0.6) is 5.75 Å². The topological polar surface area (TPSA) is 42.7 Å². The molecule has 1 aromatic heterocycles. The predicted molar refractivity (Wildman–Crippen MR) is 91.3 cm³/mol. The normalized spacial score (nSPS) is 10.6. The first-order valence-electron chi connectivity index (χ1n) is 7.62. The highest BCUT2D eigenvalue weighted by Gasteiger charge is 2.15. The molecule has 0 spiro atoms. The number of hydrogen-bond acceptors (Lipinski definition) is 3. The van der Waals surface area contributed by atoms with Gasteiger partial charge in [0.2, 0.25) is 0 Å². The van der Waals surface area contributed by atoms with Crippen LogP contribution in [0.2, 0.25) is 0 Å². The molecule has 4 nitrogen and oxygen atoms in total. The minimum Gasteiger partial charge on any atom is -0.493 e. The summed E-state index contributed by atoms with van der Waals surface area (Å²) in [7, 11) is 1.75. The number of rotatable bonds is 7. The van der Waals surface area contributed by atoms with Crippen LogP contribution in [0.25, 0.3) is 0 Å². The Hall–Kier alpha value is -1.94. The van der Waals surface area contributed by atoms with Gasteiger partial charge >= 0.3 is 0 Å². The van der Waals surface area contributed by atoms with Crippen LogP contribution in [-0.2, 0) is 5.88 Å². The molecule has 0 aliphatic carbocycles. The fourth-order valence-electron chi connectivity index (χ4n) is 2.22. The van der Waals surface area contributed by atoms with Crippen LogP contribution in [0.15, 0.2) is 34.7 Å². The second kappa shape index (κ2) is 8.06. The van der Waals surface area contributed by atoms with E-state index < -0.39 is 0 Å². The van der Waals surface area contributed by atoms with E-state index in [1.54, 1.807) is 24.1 Å². The molecule has 0 saturated carbocycles. The number of furan rings is 1. The summed E-state index contributed by atoms with van der Waals surface area (Å²) in [6.07, 6.45) is 0.749. The van der Waals surface area contributed by atoms with Crippen molar-refractivity contribution in [1.29, 1.82) is 0 Å². The van der Waals surface area contributed by atoms with Crippen molar-refractivity contribution in [2.24, 2.45) is 0 Å². The monoisotopic (exact) mass is 335 g/mol. The smallest absolute Gasteiger partial charge is 0.289 e. The Bertz CT molecular complexity index is 666. The van der Waals surface area contributed by atoms with Crippen LogP contribution in [0.1, 0.15) is 33.9 Å². The molecule has 5 heteroatoms. The van der Waals surface area contributed by atoms with Crippen molar-refractivity contribution in [3.63, 3.8) is 0 Å². The highest BCUT2D eigenvalue weighted by molar-refractivity contribution is 6.16. The van der Waals surface area contributed by atoms with Gasteiger partial charge in [-0.25, -0.2) is 0 Å². The zero-order valence-electron chi connectivity index (χ0n) is 13.8. The molecule has 0 atom stereocenters. The van der Waals surface area contributed by atoms with E-state index in [2.05, 4.69) is 13.0 Å². The van der Waals surface area contributed by atoms with Gasteiger partial charge in [-0.15, -0.1) is 11.6 Å². The number of carbonyl (C=O) groups excluding carboxylic acids is 1. The average Bonchev–Trinajstić information content (AvgIpc) is 3.03. The molecule has 1 aromatic carbocycles. The van der Waals surface area contributed by atoms with E-state index in [0.717, 1.165) is 17.7 Å². The molecule has 2 rings (SSSR count). The summed E-state index contributed by atoms with van der Waals surface area (Å²) in [5.74, 6) is 1.94. The van der Waals surface area contributed by atoms with Gasteiger partial charge < -0.3 is 14.1 Å². The van der Waals surface area contributed by atoms with E-state index in [1.165, 1.54) is 5.56 Å². The van der Waals surface area contributed by atoms with Crippen molar-refractivity contribution >= 4 is 17.5 Å². The summed E-state index contributed by atoms with van der Waals surface area (Å²) in [6, 6.07) is 9.39. The van der Waals surface area contributed by atoms with Gasteiger partial charge in [-0.05, 0) is 49.6 Å². The Morgan fingerprint density at radius 1 is 1.26 bits per heavy atom. The zero-order valence-corrected chi connectivity index (χ0v) is 14.5. The minimum absolute atomic E-state index is 0.145. The third kappa shape index (κ3) is 4.52. The van der Waals surface area contributed by atoms with Crippen molar-refractivity contribution in [2.75, 3.05) is 20.2 Å². The molecule has 0 saturated heterocycles. The molecular formula is C18H22ClNO3. The number of aryl methyl sites for hydroxylation is 1.